The predicted octanol–water partition coefficient (Wildman–Crippen LogP) is 0.363. The molecule has 0 saturated heterocycles. The Balaban J connectivity index is 5.39. The molecule has 0 aliphatic carbocycles. The highest BCUT2D eigenvalue weighted by atomic mass is 32.2. The lowest BCUT2D eigenvalue weighted by Crippen LogP contribution is -2.57. The van der Waals surface area contributed by atoms with E-state index >= 15 is 0 Å². The van der Waals surface area contributed by atoms with Gasteiger partial charge in [0.2, 0.25) is 17.7 Å². The van der Waals surface area contributed by atoms with Gasteiger partial charge in [-0.25, -0.2) is 4.79 Å². The second-order valence-electron chi connectivity index (χ2n) is 7.89. The Hall–Kier alpha value is -2.50. The quantitative estimate of drug-likeness (QED) is 0.260. The molecule has 31 heavy (non-hydrogen) atoms. The fourth-order valence-corrected chi connectivity index (χ4v) is 2.93. The van der Waals surface area contributed by atoms with Crippen LogP contribution < -0.4 is 21.7 Å². The number of ether oxygens (including phenoxy) is 1. The summed E-state index contributed by atoms with van der Waals surface area (Å²) in [4.78, 5) is 60.1. The monoisotopic (exact) mass is 462 g/mol. The van der Waals surface area contributed by atoms with Crippen molar-refractivity contribution in [3.05, 3.63) is 0 Å². The molecule has 3 atom stereocenters. The summed E-state index contributed by atoms with van der Waals surface area (Å²) >= 11 is 1.44. The van der Waals surface area contributed by atoms with Gasteiger partial charge in [-0.2, -0.15) is 11.8 Å². The third-order valence-corrected chi connectivity index (χ3v) is 4.51. The van der Waals surface area contributed by atoms with Gasteiger partial charge in [-0.3, -0.25) is 19.2 Å². The van der Waals surface area contributed by atoms with Crippen molar-refractivity contribution in [1.29, 1.82) is 0 Å². The van der Waals surface area contributed by atoms with Gasteiger partial charge >= 0.3 is 12.1 Å². The first kappa shape index (κ1) is 28.5. The van der Waals surface area contributed by atoms with Crippen LogP contribution in [0, 0.1) is 0 Å². The minimum absolute atomic E-state index is 0.230. The van der Waals surface area contributed by atoms with Crippen molar-refractivity contribution in [1.82, 2.24) is 16.0 Å². The number of nitrogens with two attached hydrogens (primary N) is 1. The number of carboxylic acids is 1. The molecule has 0 radical (unpaired) electrons. The zero-order valence-corrected chi connectivity index (χ0v) is 19.5. The maximum absolute atomic E-state index is 12.7. The highest BCUT2D eigenvalue weighted by Gasteiger charge is 2.31. The summed E-state index contributed by atoms with van der Waals surface area (Å²) in [5.74, 6) is -3.17. The molecule has 0 aliphatic heterocycles. The Labute approximate surface area is 186 Å². The average molecular weight is 463 g/mol. The summed E-state index contributed by atoms with van der Waals surface area (Å²) in [6.45, 7) is 6.80. The number of aliphatic carboxylic acids is 1. The number of primary amides is 1. The molecular weight excluding hydrogens is 428 g/mol. The number of rotatable bonds is 13. The third-order valence-electron chi connectivity index (χ3n) is 3.87. The van der Waals surface area contributed by atoms with Gasteiger partial charge in [0.05, 0.1) is 6.42 Å². The standard InChI is InChI=1S/C19H34N4O7S/c1-6-7-11(15(20)26)21-17(28)13(10-14(24)25)22-16(27)12(8-9-31-5)23-18(29)30-19(2,3)4/h11-13H,6-10H2,1-5H3,(H2,20,26)(H,21,28)(H,22,27)(H,23,29)(H,24,25)/t11?,12-,13-/m0/s1. The molecule has 11 nitrogen and oxygen atoms in total. The summed E-state index contributed by atoms with van der Waals surface area (Å²) in [7, 11) is 0. The highest BCUT2D eigenvalue weighted by Crippen LogP contribution is 2.09. The Morgan fingerprint density at radius 2 is 1.52 bits per heavy atom. The fraction of sp³-hybridized carbons (Fsp3) is 0.737. The molecule has 0 aromatic rings. The Bertz CT molecular complexity index is 652. The molecule has 0 aliphatic rings. The molecule has 0 rings (SSSR count). The van der Waals surface area contributed by atoms with Gasteiger partial charge < -0.3 is 31.5 Å². The van der Waals surface area contributed by atoms with E-state index in [0.717, 1.165) is 0 Å². The minimum atomic E-state index is -1.46. The van der Waals surface area contributed by atoms with Crippen molar-refractivity contribution in [2.45, 2.75) is 77.1 Å². The van der Waals surface area contributed by atoms with Crippen molar-refractivity contribution in [3.63, 3.8) is 0 Å². The van der Waals surface area contributed by atoms with E-state index in [4.69, 9.17) is 15.6 Å². The number of thioether (sulfide) groups is 1. The summed E-state index contributed by atoms with van der Waals surface area (Å²) in [6.07, 6.45) is 1.35. The van der Waals surface area contributed by atoms with E-state index < -0.39 is 59.9 Å². The van der Waals surface area contributed by atoms with Gasteiger partial charge in [-0.05, 0) is 45.6 Å². The molecular formula is C19H34N4O7S. The van der Waals surface area contributed by atoms with Crippen LogP contribution in [0.5, 0.6) is 0 Å². The van der Waals surface area contributed by atoms with Crippen molar-refractivity contribution in [2.75, 3.05) is 12.0 Å². The summed E-state index contributed by atoms with van der Waals surface area (Å²) < 4.78 is 5.16. The van der Waals surface area contributed by atoms with Crippen LogP contribution in [0.1, 0.15) is 53.4 Å². The van der Waals surface area contributed by atoms with Gasteiger partial charge in [0, 0.05) is 0 Å². The molecule has 0 bridgehead atoms. The maximum Gasteiger partial charge on any atom is 0.408 e. The van der Waals surface area contributed by atoms with E-state index in [1.165, 1.54) is 11.8 Å². The van der Waals surface area contributed by atoms with Crippen LogP contribution in [0.15, 0.2) is 0 Å². The predicted molar refractivity (Wildman–Crippen MR) is 116 cm³/mol. The summed E-state index contributed by atoms with van der Waals surface area (Å²) in [5.41, 5.74) is 4.48. The fourth-order valence-electron chi connectivity index (χ4n) is 2.46. The zero-order chi connectivity index (χ0) is 24.2. The molecule has 6 N–H and O–H groups in total. The van der Waals surface area contributed by atoms with Crippen LogP contribution in [0.4, 0.5) is 4.79 Å². The molecule has 0 fully saturated rings. The normalized spacial score (nSPS) is 14.0. The topological polar surface area (TPSA) is 177 Å². The molecule has 178 valence electrons. The smallest absolute Gasteiger partial charge is 0.408 e. The Kier molecular flexibility index (Phi) is 12.6. The number of nitrogens with one attached hydrogen (secondary N) is 3. The first-order chi connectivity index (χ1) is 14.3. The van der Waals surface area contributed by atoms with E-state index in [9.17, 15) is 24.0 Å². The van der Waals surface area contributed by atoms with E-state index in [-0.39, 0.29) is 12.8 Å². The third kappa shape index (κ3) is 12.7. The van der Waals surface area contributed by atoms with E-state index in [1.807, 2.05) is 6.26 Å². The average Bonchev–Trinajstić information content (AvgIpc) is 2.61. The van der Waals surface area contributed by atoms with E-state index in [2.05, 4.69) is 16.0 Å². The number of alkyl carbamates (subject to hydrolysis) is 1. The van der Waals surface area contributed by atoms with Crippen LogP contribution in [0.3, 0.4) is 0 Å². The number of hydrogen-bond donors (Lipinski definition) is 5. The Morgan fingerprint density at radius 1 is 0.968 bits per heavy atom. The number of hydrogen-bond acceptors (Lipinski definition) is 7. The van der Waals surface area contributed by atoms with Gasteiger partial charge in [0.1, 0.15) is 23.7 Å². The molecule has 0 spiro atoms. The molecule has 0 aromatic carbocycles. The van der Waals surface area contributed by atoms with Crippen LogP contribution in [0.2, 0.25) is 0 Å². The van der Waals surface area contributed by atoms with Gasteiger partial charge in [-0.1, -0.05) is 13.3 Å². The summed E-state index contributed by atoms with van der Waals surface area (Å²) in [5, 5.41) is 16.3. The highest BCUT2D eigenvalue weighted by molar-refractivity contribution is 7.98. The molecule has 4 amide bonds. The van der Waals surface area contributed by atoms with Gasteiger partial charge in [0.15, 0.2) is 0 Å². The molecule has 0 saturated carbocycles. The first-order valence-electron chi connectivity index (χ1n) is 9.91. The second kappa shape index (κ2) is 13.7. The van der Waals surface area contributed by atoms with Crippen molar-refractivity contribution in [2.24, 2.45) is 5.73 Å². The number of carbonyl (C=O) groups excluding carboxylic acids is 4. The lowest BCUT2D eigenvalue weighted by Gasteiger charge is -2.25. The molecule has 0 heterocycles. The van der Waals surface area contributed by atoms with Crippen molar-refractivity contribution in [3.8, 4) is 0 Å². The van der Waals surface area contributed by atoms with Gasteiger partial charge in [-0.15, -0.1) is 0 Å². The Morgan fingerprint density at radius 3 is 1.97 bits per heavy atom. The minimum Gasteiger partial charge on any atom is -0.481 e. The second-order valence-corrected chi connectivity index (χ2v) is 8.88. The number of amides is 4. The van der Waals surface area contributed by atoms with Crippen molar-refractivity contribution >= 4 is 41.5 Å². The zero-order valence-electron chi connectivity index (χ0n) is 18.6. The van der Waals surface area contributed by atoms with Crippen LogP contribution >= 0.6 is 11.8 Å². The lowest BCUT2D eigenvalue weighted by molar-refractivity contribution is -0.141. The van der Waals surface area contributed by atoms with E-state index in [1.54, 1.807) is 27.7 Å². The number of carboxylic acid groups (broad SMARTS) is 1. The van der Waals surface area contributed by atoms with E-state index in [0.29, 0.717) is 12.2 Å². The van der Waals surface area contributed by atoms with Crippen molar-refractivity contribution < 1.29 is 33.8 Å². The first-order valence-corrected chi connectivity index (χ1v) is 11.3. The molecule has 1 unspecified atom stereocenters. The largest absolute Gasteiger partial charge is 0.481 e. The van der Waals surface area contributed by atoms with Gasteiger partial charge in [0.25, 0.3) is 0 Å². The summed E-state index contributed by atoms with van der Waals surface area (Å²) in [6, 6.07) is -3.49. The molecule has 12 heteroatoms. The maximum atomic E-state index is 12.7. The molecule has 0 aromatic heterocycles. The van der Waals surface area contributed by atoms with Crippen LogP contribution in [0.25, 0.3) is 0 Å². The SMILES string of the molecule is CCCC(NC(=O)[C@H](CC(=O)O)NC(=O)[C@H](CCSC)NC(=O)OC(C)(C)C)C(N)=O. The number of carbonyl (C=O) groups is 5. The van der Waals surface area contributed by atoms with Crippen LogP contribution in [-0.4, -0.2) is 70.6 Å². The van der Waals surface area contributed by atoms with Crippen LogP contribution in [-0.2, 0) is 23.9 Å². The lowest BCUT2D eigenvalue weighted by atomic mass is 10.1.